The van der Waals surface area contributed by atoms with Crippen LogP contribution >= 0.6 is 0 Å². The Morgan fingerprint density at radius 2 is 1.80 bits per heavy atom. The summed E-state index contributed by atoms with van der Waals surface area (Å²) >= 11 is 0. The Morgan fingerprint density at radius 1 is 1.10 bits per heavy atom. The lowest BCUT2D eigenvalue weighted by Gasteiger charge is -2.32. The molecule has 2 saturated heterocycles. The third-order valence-electron chi connectivity index (χ3n) is 6.73. The number of alkyl carbamates (subject to hydrolysis) is 1. The molecule has 0 unspecified atom stereocenters. The number of aliphatic carboxylic acids is 1. The molecule has 13 heteroatoms. The highest BCUT2D eigenvalue weighted by Crippen LogP contribution is 2.17. The van der Waals surface area contributed by atoms with Crippen molar-refractivity contribution in [3.63, 3.8) is 0 Å². The number of aromatic nitrogens is 2. The Balaban J connectivity index is 1.28. The molecule has 1 aromatic carbocycles. The topological polar surface area (TPSA) is 158 Å². The van der Waals surface area contributed by atoms with E-state index < -0.39 is 29.3 Å². The van der Waals surface area contributed by atoms with Crippen LogP contribution in [0, 0.1) is 0 Å². The van der Waals surface area contributed by atoms with Gasteiger partial charge in [0.15, 0.2) is 0 Å². The highest BCUT2D eigenvalue weighted by molar-refractivity contribution is 5.89. The summed E-state index contributed by atoms with van der Waals surface area (Å²) in [6.07, 6.45) is 2.85. The van der Waals surface area contributed by atoms with Gasteiger partial charge in [-0.05, 0) is 57.4 Å². The van der Waals surface area contributed by atoms with Crippen molar-refractivity contribution in [2.75, 3.05) is 38.0 Å². The highest BCUT2D eigenvalue weighted by atomic mass is 16.6. The summed E-state index contributed by atoms with van der Waals surface area (Å²) in [6.45, 7) is 8.72. The van der Waals surface area contributed by atoms with E-state index in [2.05, 4.69) is 25.8 Å². The Morgan fingerprint density at radius 3 is 2.42 bits per heavy atom. The molecule has 2 aliphatic rings. The zero-order chi connectivity index (χ0) is 28.9. The predicted molar refractivity (Wildman–Crippen MR) is 148 cm³/mol. The van der Waals surface area contributed by atoms with Crippen LogP contribution in [-0.4, -0.2) is 93.0 Å². The number of ether oxygens (including phenoxy) is 1. The van der Waals surface area contributed by atoms with Gasteiger partial charge in [-0.1, -0.05) is 12.1 Å². The molecule has 13 nitrogen and oxygen atoms in total. The second kappa shape index (κ2) is 12.5. The van der Waals surface area contributed by atoms with Crippen LogP contribution < -0.4 is 21.6 Å². The quantitative estimate of drug-likeness (QED) is 0.416. The van der Waals surface area contributed by atoms with Crippen LogP contribution in [0.5, 0.6) is 0 Å². The summed E-state index contributed by atoms with van der Waals surface area (Å²) in [6, 6.07) is 7.90. The lowest BCUT2D eigenvalue weighted by Crippen LogP contribution is -2.56. The maximum Gasteiger partial charge on any atom is 0.407 e. The molecule has 2 aromatic rings. The Hall–Kier alpha value is -3.97. The zero-order valence-electron chi connectivity index (χ0n) is 23.1. The summed E-state index contributed by atoms with van der Waals surface area (Å²) < 4.78 is 6.73. The first-order chi connectivity index (χ1) is 19.0. The molecule has 0 radical (unpaired) electrons. The SMILES string of the molecule is CC(C)(C)OC(=O)NC1CCN(Cc2ccc(-n3ccc(NC(=O)N4CCN[C@H](C(=O)O)C4)nc3=O)cc2)CC1. The molecule has 40 heavy (non-hydrogen) atoms. The van der Waals surface area contributed by atoms with Gasteiger partial charge in [0.05, 0.1) is 5.69 Å². The highest BCUT2D eigenvalue weighted by Gasteiger charge is 2.28. The average molecular weight is 556 g/mol. The van der Waals surface area contributed by atoms with Gasteiger partial charge in [-0.15, -0.1) is 0 Å². The predicted octanol–water partition coefficient (Wildman–Crippen LogP) is 1.61. The fourth-order valence-electron chi connectivity index (χ4n) is 4.69. The Labute approximate surface area is 232 Å². The van der Waals surface area contributed by atoms with Crippen LogP contribution in [0.1, 0.15) is 39.2 Å². The number of carbonyl (C=O) groups is 3. The lowest BCUT2D eigenvalue weighted by molar-refractivity contribution is -0.140. The first kappa shape index (κ1) is 29.0. The van der Waals surface area contributed by atoms with Crippen molar-refractivity contribution < 1.29 is 24.2 Å². The van der Waals surface area contributed by atoms with E-state index in [1.165, 1.54) is 15.5 Å². The number of nitrogens with zero attached hydrogens (tertiary/aromatic N) is 4. The third kappa shape index (κ3) is 8.02. The van der Waals surface area contributed by atoms with Gasteiger partial charge < -0.3 is 25.4 Å². The van der Waals surface area contributed by atoms with Crippen molar-refractivity contribution in [2.24, 2.45) is 0 Å². The van der Waals surface area contributed by atoms with Gasteiger partial charge in [0, 0.05) is 51.5 Å². The average Bonchev–Trinajstić information content (AvgIpc) is 2.89. The molecular weight excluding hydrogens is 518 g/mol. The molecule has 4 rings (SSSR count). The molecule has 0 bridgehead atoms. The van der Waals surface area contributed by atoms with Gasteiger partial charge in [-0.2, -0.15) is 4.98 Å². The fraction of sp³-hybridized carbons (Fsp3) is 0.519. The second-order valence-corrected chi connectivity index (χ2v) is 11.0. The van der Waals surface area contributed by atoms with E-state index in [-0.39, 0.29) is 24.5 Å². The largest absolute Gasteiger partial charge is 0.480 e. The van der Waals surface area contributed by atoms with Crippen LogP contribution in [0.2, 0.25) is 0 Å². The van der Waals surface area contributed by atoms with E-state index in [1.54, 1.807) is 6.20 Å². The van der Waals surface area contributed by atoms with Gasteiger partial charge in [0.2, 0.25) is 0 Å². The van der Waals surface area contributed by atoms with Gasteiger partial charge in [-0.3, -0.25) is 19.6 Å². The number of amides is 3. The molecule has 216 valence electrons. The minimum atomic E-state index is -1.03. The normalized spacial score (nSPS) is 18.7. The zero-order valence-corrected chi connectivity index (χ0v) is 23.1. The van der Waals surface area contributed by atoms with Crippen LogP contribution in [0.25, 0.3) is 5.69 Å². The van der Waals surface area contributed by atoms with Crippen LogP contribution in [0.3, 0.4) is 0 Å². The molecule has 1 aromatic heterocycles. The number of carbonyl (C=O) groups excluding carboxylic acids is 2. The molecule has 3 heterocycles. The van der Waals surface area contributed by atoms with Crippen molar-refractivity contribution in [3.8, 4) is 5.69 Å². The minimum absolute atomic E-state index is 0.0194. The van der Waals surface area contributed by atoms with E-state index >= 15 is 0 Å². The Bertz CT molecular complexity index is 1270. The molecule has 0 aliphatic carbocycles. The van der Waals surface area contributed by atoms with E-state index in [9.17, 15) is 19.2 Å². The van der Waals surface area contributed by atoms with E-state index in [4.69, 9.17) is 9.84 Å². The number of urea groups is 1. The number of hydrogen-bond acceptors (Lipinski definition) is 8. The number of carboxylic acids is 1. The molecule has 3 amide bonds. The van der Waals surface area contributed by atoms with Crippen molar-refractivity contribution in [3.05, 3.63) is 52.6 Å². The molecule has 0 saturated carbocycles. The third-order valence-corrected chi connectivity index (χ3v) is 6.73. The summed E-state index contributed by atoms with van der Waals surface area (Å²) in [5.74, 6) is -0.931. The molecular formula is C27H37N7O6. The smallest absolute Gasteiger partial charge is 0.407 e. The number of likely N-dealkylation sites (tertiary alicyclic amines) is 1. The summed E-state index contributed by atoms with van der Waals surface area (Å²) in [4.78, 5) is 56.1. The number of carboxylic acid groups (broad SMARTS) is 1. The molecule has 2 fully saturated rings. The molecule has 2 aliphatic heterocycles. The summed E-state index contributed by atoms with van der Waals surface area (Å²) in [5.41, 5.74) is 0.679. The maximum absolute atomic E-state index is 12.7. The lowest BCUT2D eigenvalue weighted by atomic mass is 10.0. The van der Waals surface area contributed by atoms with Crippen LogP contribution in [0.15, 0.2) is 41.3 Å². The number of piperidine rings is 1. The number of rotatable bonds is 6. The summed E-state index contributed by atoms with van der Waals surface area (Å²) in [7, 11) is 0. The van der Waals surface area contributed by atoms with Crippen LogP contribution in [0.4, 0.5) is 15.4 Å². The van der Waals surface area contributed by atoms with Gasteiger partial charge in [0.25, 0.3) is 0 Å². The van der Waals surface area contributed by atoms with Crippen LogP contribution in [-0.2, 0) is 16.1 Å². The van der Waals surface area contributed by atoms with Crippen molar-refractivity contribution in [1.82, 2.24) is 30.0 Å². The van der Waals surface area contributed by atoms with E-state index in [0.717, 1.165) is 38.0 Å². The van der Waals surface area contributed by atoms with E-state index in [0.29, 0.717) is 18.8 Å². The van der Waals surface area contributed by atoms with E-state index in [1.807, 2.05) is 45.0 Å². The number of anilines is 1. The number of benzene rings is 1. The number of hydrogen-bond donors (Lipinski definition) is 4. The minimum Gasteiger partial charge on any atom is -0.480 e. The molecule has 1 atom stereocenters. The fourth-order valence-corrected chi connectivity index (χ4v) is 4.69. The Kier molecular flexibility index (Phi) is 9.05. The van der Waals surface area contributed by atoms with Crippen molar-refractivity contribution in [2.45, 2.75) is 57.8 Å². The number of nitrogens with one attached hydrogen (secondary N) is 3. The first-order valence-electron chi connectivity index (χ1n) is 13.4. The first-order valence-corrected chi connectivity index (χ1v) is 13.4. The standard InChI is InChI=1S/C27H37N7O6/c1-27(2,3)40-26(39)29-19-8-12-32(13-9-19)16-18-4-6-20(7-5-18)34-14-10-22(31-25(34)38)30-24(37)33-15-11-28-21(17-33)23(35)36/h4-7,10,14,19,21,28H,8-9,11-13,15-17H2,1-3H3,(H,29,39)(H,35,36)(H,30,31,37,38)/t21-/m0/s1. The van der Waals surface area contributed by atoms with Crippen molar-refractivity contribution >= 4 is 23.9 Å². The van der Waals surface area contributed by atoms with Gasteiger partial charge in [-0.25, -0.2) is 14.4 Å². The monoisotopic (exact) mass is 555 g/mol. The molecule has 4 N–H and O–H groups in total. The van der Waals surface area contributed by atoms with Crippen molar-refractivity contribution in [1.29, 1.82) is 0 Å². The van der Waals surface area contributed by atoms with Gasteiger partial charge >= 0.3 is 23.8 Å². The number of piperazine rings is 1. The van der Waals surface area contributed by atoms with Gasteiger partial charge in [0.1, 0.15) is 17.5 Å². The second-order valence-electron chi connectivity index (χ2n) is 11.0. The summed E-state index contributed by atoms with van der Waals surface area (Å²) in [5, 5.41) is 17.5. The molecule has 0 spiro atoms. The maximum atomic E-state index is 12.7.